The lowest BCUT2D eigenvalue weighted by molar-refractivity contribution is -0.118. The molecule has 0 atom stereocenters. The van der Waals surface area contributed by atoms with Crippen LogP contribution in [0.15, 0.2) is 16.7 Å². The summed E-state index contributed by atoms with van der Waals surface area (Å²) in [4.78, 5) is 11.7. The van der Waals surface area contributed by atoms with Gasteiger partial charge in [-0.1, -0.05) is 20.8 Å². The van der Waals surface area contributed by atoms with Gasteiger partial charge in [0.05, 0.1) is 0 Å². The predicted octanol–water partition coefficient (Wildman–Crippen LogP) is 2.02. The minimum absolute atomic E-state index is 0.0509. The van der Waals surface area contributed by atoms with Crippen molar-refractivity contribution < 1.29 is 14.1 Å². The predicted molar refractivity (Wildman–Crippen MR) is 72.7 cm³/mol. The summed E-state index contributed by atoms with van der Waals surface area (Å²) in [5.41, 5.74) is 0.894. The SMILES string of the molecule is Cc1cc(OCC(=O)Nc2cc(C(C)(C)C)[nH]n2)no1. The van der Waals surface area contributed by atoms with Crippen LogP contribution in [0, 0.1) is 6.92 Å². The maximum atomic E-state index is 11.7. The van der Waals surface area contributed by atoms with Crippen molar-refractivity contribution in [1.82, 2.24) is 15.4 Å². The van der Waals surface area contributed by atoms with Crippen molar-refractivity contribution in [2.24, 2.45) is 0 Å². The first kappa shape index (κ1) is 14.1. The van der Waals surface area contributed by atoms with Gasteiger partial charge in [-0.15, -0.1) is 0 Å². The standard InChI is InChI=1S/C13H18N4O3/c1-8-5-12(17-20-8)19-7-11(18)14-10-6-9(15-16-10)13(2,3)4/h5-6H,7H2,1-4H3,(H2,14,15,16,18). The Morgan fingerprint density at radius 3 is 2.75 bits per heavy atom. The molecule has 2 aromatic heterocycles. The summed E-state index contributed by atoms with van der Waals surface area (Å²) in [5.74, 6) is 1.08. The Hall–Kier alpha value is -2.31. The summed E-state index contributed by atoms with van der Waals surface area (Å²) in [6.45, 7) is 7.77. The summed E-state index contributed by atoms with van der Waals surface area (Å²) in [5, 5.41) is 13.2. The average Bonchev–Trinajstić information content (AvgIpc) is 2.95. The molecule has 0 bridgehead atoms. The van der Waals surface area contributed by atoms with Crippen molar-refractivity contribution in [2.75, 3.05) is 11.9 Å². The topological polar surface area (TPSA) is 93.0 Å². The number of aromatic nitrogens is 3. The first-order chi connectivity index (χ1) is 9.34. The summed E-state index contributed by atoms with van der Waals surface area (Å²) >= 11 is 0. The van der Waals surface area contributed by atoms with Crippen molar-refractivity contribution in [3.05, 3.63) is 23.6 Å². The molecule has 2 N–H and O–H groups in total. The van der Waals surface area contributed by atoms with E-state index in [0.29, 0.717) is 11.6 Å². The molecular weight excluding hydrogens is 260 g/mol. The van der Waals surface area contributed by atoms with Gasteiger partial charge in [0.15, 0.2) is 12.4 Å². The largest absolute Gasteiger partial charge is 0.465 e. The molecule has 0 aliphatic carbocycles. The number of rotatable bonds is 4. The highest BCUT2D eigenvalue weighted by Crippen LogP contribution is 2.21. The van der Waals surface area contributed by atoms with Crippen LogP contribution < -0.4 is 10.1 Å². The van der Waals surface area contributed by atoms with Gasteiger partial charge < -0.3 is 14.6 Å². The van der Waals surface area contributed by atoms with Gasteiger partial charge in [0.1, 0.15) is 5.76 Å². The van der Waals surface area contributed by atoms with E-state index in [2.05, 4.69) is 41.4 Å². The summed E-state index contributed by atoms with van der Waals surface area (Å²) in [6.07, 6.45) is 0. The molecule has 0 aliphatic heterocycles. The van der Waals surface area contributed by atoms with Gasteiger partial charge in [-0.3, -0.25) is 9.89 Å². The monoisotopic (exact) mass is 278 g/mol. The van der Waals surface area contributed by atoms with Gasteiger partial charge >= 0.3 is 0 Å². The smallest absolute Gasteiger partial charge is 0.263 e. The second-order valence-corrected chi connectivity index (χ2v) is 5.53. The van der Waals surface area contributed by atoms with Gasteiger partial charge in [0.25, 0.3) is 11.8 Å². The fourth-order valence-corrected chi connectivity index (χ4v) is 1.50. The van der Waals surface area contributed by atoms with E-state index in [9.17, 15) is 4.79 Å². The third-order valence-electron chi connectivity index (χ3n) is 2.61. The van der Waals surface area contributed by atoms with E-state index < -0.39 is 0 Å². The molecule has 0 aromatic carbocycles. The number of aromatic amines is 1. The second-order valence-electron chi connectivity index (χ2n) is 5.53. The zero-order valence-electron chi connectivity index (χ0n) is 12.0. The Morgan fingerprint density at radius 1 is 1.45 bits per heavy atom. The van der Waals surface area contributed by atoms with Crippen molar-refractivity contribution in [2.45, 2.75) is 33.1 Å². The highest BCUT2D eigenvalue weighted by molar-refractivity contribution is 5.90. The molecule has 2 aromatic rings. The number of hydrogen-bond donors (Lipinski definition) is 2. The average molecular weight is 278 g/mol. The van der Waals surface area contributed by atoms with Crippen LogP contribution in [-0.2, 0) is 10.2 Å². The second kappa shape index (κ2) is 5.36. The third-order valence-corrected chi connectivity index (χ3v) is 2.61. The quantitative estimate of drug-likeness (QED) is 0.892. The number of carbonyl (C=O) groups excluding carboxylic acids is 1. The first-order valence-electron chi connectivity index (χ1n) is 6.26. The van der Waals surface area contributed by atoms with Crippen LogP contribution in [0.3, 0.4) is 0 Å². The molecule has 0 saturated carbocycles. The molecule has 0 unspecified atom stereocenters. The van der Waals surface area contributed by atoms with Gasteiger partial charge in [-0.2, -0.15) is 5.10 Å². The number of carbonyl (C=O) groups is 1. The van der Waals surface area contributed by atoms with Gasteiger partial charge in [-0.05, 0) is 12.1 Å². The zero-order chi connectivity index (χ0) is 14.8. The third kappa shape index (κ3) is 3.59. The number of H-pyrrole nitrogens is 1. The lowest BCUT2D eigenvalue weighted by atomic mass is 9.92. The summed E-state index contributed by atoms with van der Waals surface area (Å²) in [6, 6.07) is 3.41. The normalized spacial score (nSPS) is 11.4. The maximum Gasteiger partial charge on any atom is 0.263 e. The van der Waals surface area contributed by atoms with Crippen LogP contribution >= 0.6 is 0 Å². The minimum Gasteiger partial charge on any atom is -0.465 e. The van der Waals surface area contributed by atoms with E-state index in [4.69, 9.17) is 9.26 Å². The number of nitrogens with zero attached hydrogens (tertiary/aromatic N) is 2. The minimum atomic E-state index is -0.308. The Kier molecular flexibility index (Phi) is 3.78. The van der Waals surface area contributed by atoms with E-state index in [1.54, 1.807) is 19.1 Å². The first-order valence-corrected chi connectivity index (χ1v) is 6.26. The van der Waals surface area contributed by atoms with Crippen LogP contribution in [0.1, 0.15) is 32.2 Å². The van der Waals surface area contributed by atoms with E-state index in [1.807, 2.05) is 0 Å². The molecule has 7 heteroatoms. The van der Waals surface area contributed by atoms with Crippen molar-refractivity contribution in [3.8, 4) is 5.88 Å². The lowest BCUT2D eigenvalue weighted by Gasteiger charge is -2.14. The van der Waals surface area contributed by atoms with Crippen LogP contribution in [0.25, 0.3) is 0 Å². The molecule has 0 aliphatic rings. The summed E-state index contributed by atoms with van der Waals surface area (Å²) in [7, 11) is 0. The molecule has 0 spiro atoms. The number of ether oxygens (including phenoxy) is 1. The van der Waals surface area contributed by atoms with Gasteiger partial charge in [-0.25, -0.2) is 0 Å². The molecule has 2 heterocycles. The summed E-state index contributed by atoms with van der Waals surface area (Å²) < 4.78 is 10.0. The fraction of sp³-hybridized carbons (Fsp3) is 0.462. The number of amides is 1. The number of anilines is 1. The van der Waals surface area contributed by atoms with E-state index >= 15 is 0 Å². The molecule has 2 rings (SSSR count). The molecule has 7 nitrogen and oxygen atoms in total. The van der Waals surface area contributed by atoms with Gasteiger partial charge in [0, 0.05) is 23.2 Å². The Morgan fingerprint density at radius 2 is 2.20 bits per heavy atom. The molecule has 0 radical (unpaired) electrons. The van der Waals surface area contributed by atoms with E-state index in [1.165, 1.54) is 0 Å². The van der Waals surface area contributed by atoms with E-state index in [0.717, 1.165) is 5.69 Å². The number of hydrogen-bond acceptors (Lipinski definition) is 5. The van der Waals surface area contributed by atoms with Crippen LogP contribution in [0.5, 0.6) is 5.88 Å². The highest BCUT2D eigenvalue weighted by atomic mass is 16.5. The lowest BCUT2D eigenvalue weighted by Crippen LogP contribution is -2.20. The van der Waals surface area contributed by atoms with E-state index in [-0.39, 0.29) is 23.8 Å². The van der Waals surface area contributed by atoms with Crippen molar-refractivity contribution in [1.29, 1.82) is 0 Å². The zero-order valence-corrected chi connectivity index (χ0v) is 12.0. The highest BCUT2D eigenvalue weighted by Gasteiger charge is 2.17. The van der Waals surface area contributed by atoms with Gasteiger partial charge in [0.2, 0.25) is 0 Å². The molecule has 108 valence electrons. The van der Waals surface area contributed by atoms with Crippen LogP contribution in [-0.4, -0.2) is 27.9 Å². The molecule has 20 heavy (non-hydrogen) atoms. The fourth-order valence-electron chi connectivity index (χ4n) is 1.50. The number of aryl methyl sites for hydroxylation is 1. The van der Waals surface area contributed by atoms with Crippen molar-refractivity contribution in [3.63, 3.8) is 0 Å². The van der Waals surface area contributed by atoms with Crippen molar-refractivity contribution >= 4 is 11.7 Å². The van der Waals surface area contributed by atoms with Crippen LogP contribution in [0.4, 0.5) is 5.82 Å². The molecule has 0 fully saturated rings. The Balaban J connectivity index is 1.87. The Bertz CT molecular complexity index is 595. The molecule has 0 saturated heterocycles. The Labute approximate surface area is 116 Å². The maximum absolute atomic E-state index is 11.7. The van der Waals surface area contributed by atoms with Crippen LogP contribution in [0.2, 0.25) is 0 Å². The molecule has 1 amide bonds. The number of nitrogens with one attached hydrogen (secondary N) is 2. The molecular formula is C13H18N4O3.